The number of hydrogen-bond acceptors (Lipinski definition) is 6. The molecule has 28 heavy (non-hydrogen) atoms. The first kappa shape index (κ1) is 20.8. The van der Waals surface area contributed by atoms with Gasteiger partial charge in [0.1, 0.15) is 14.2 Å². The molecule has 0 saturated carbocycles. The third kappa shape index (κ3) is 5.13. The lowest BCUT2D eigenvalue weighted by Crippen LogP contribution is -2.46. The molecule has 1 saturated heterocycles. The van der Waals surface area contributed by atoms with Crippen molar-refractivity contribution in [2.75, 3.05) is 31.6 Å². The molecule has 1 aliphatic rings. The fourth-order valence-corrected chi connectivity index (χ4v) is 4.54. The molecule has 150 valence electrons. The second-order valence-corrected chi connectivity index (χ2v) is 9.23. The van der Waals surface area contributed by atoms with Crippen molar-refractivity contribution in [2.24, 2.45) is 11.5 Å². The van der Waals surface area contributed by atoms with Gasteiger partial charge in [-0.1, -0.05) is 12.1 Å². The van der Waals surface area contributed by atoms with E-state index in [1.807, 2.05) is 24.3 Å². The Hall–Kier alpha value is -1.89. The molecule has 6 N–H and O–H groups in total. The van der Waals surface area contributed by atoms with E-state index in [1.54, 1.807) is 6.07 Å². The summed E-state index contributed by atoms with van der Waals surface area (Å²) >= 11 is 3.49. The molecule has 1 aliphatic heterocycles. The molecule has 0 aliphatic carbocycles. The van der Waals surface area contributed by atoms with Crippen LogP contribution in [0.4, 0.5) is 10.5 Å². The number of halogens is 1. The Kier molecular flexibility index (Phi) is 6.75. The number of morpholine rings is 1. The number of alkyl halides is 1. The van der Waals surface area contributed by atoms with Crippen molar-refractivity contribution in [2.45, 2.75) is 10.0 Å². The molecule has 1 atom stereocenters. The summed E-state index contributed by atoms with van der Waals surface area (Å²) < 4.78 is 11.6. The number of ether oxygens (including phenoxy) is 2. The van der Waals surface area contributed by atoms with Gasteiger partial charge >= 0.3 is 6.03 Å². The molecule has 1 fully saturated rings. The molecule has 0 bridgehead atoms. The van der Waals surface area contributed by atoms with E-state index in [2.05, 4.69) is 33.2 Å². The lowest BCUT2D eigenvalue weighted by molar-refractivity contribution is 0.00282. The van der Waals surface area contributed by atoms with Gasteiger partial charge in [0.05, 0.1) is 18.9 Å². The average molecular weight is 516 g/mol. The quantitative estimate of drug-likeness (QED) is 0.332. The Bertz CT molecular complexity index is 867. The van der Waals surface area contributed by atoms with Crippen LogP contribution in [-0.4, -0.2) is 41.8 Å². The molecular formula is C18H21IN4O4S. The summed E-state index contributed by atoms with van der Waals surface area (Å²) in [4.78, 5) is 23.9. The fourth-order valence-electron chi connectivity index (χ4n) is 2.83. The SMILES string of the molecule is NC(=O)Nc1cc(-c2ccccc2OCCC2(I)CNCCO2)sc1C(N)=O. The van der Waals surface area contributed by atoms with E-state index < -0.39 is 11.9 Å². The molecule has 3 amide bonds. The zero-order valence-corrected chi connectivity index (χ0v) is 18.0. The Balaban J connectivity index is 1.78. The van der Waals surface area contributed by atoms with Gasteiger partial charge in [-0.05, 0) is 40.8 Å². The van der Waals surface area contributed by atoms with Gasteiger partial charge in [-0.25, -0.2) is 4.79 Å². The van der Waals surface area contributed by atoms with Crippen molar-refractivity contribution in [1.82, 2.24) is 5.32 Å². The summed E-state index contributed by atoms with van der Waals surface area (Å²) in [6, 6.07) is 8.41. The van der Waals surface area contributed by atoms with Gasteiger partial charge in [-0.2, -0.15) is 0 Å². The van der Waals surface area contributed by atoms with Crippen LogP contribution >= 0.6 is 33.9 Å². The van der Waals surface area contributed by atoms with Crippen molar-refractivity contribution >= 4 is 51.6 Å². The number of primary amides is 2. The lowest BCUT2D eigenvalue weighted by atomic mass is 10.1. The minimum atomic E-state index is -0.759. The van der Waals surface area contributed by atoms with Crippen LogP contribution in [-0.2, 0) is 4.74 Å². The third-order valence-corrected chi connectivity index (χ3v) is 6.54. The second-order valence-electron chi connectivity index (χ2n) is 6.21. The number of para-hydroxylation sites is 1. The Morgan fingerprint density at radius 1 is 1.36 bits per heavy atom. The zero-order valence-electron chi connectivity index (χ0n) is 15.0. The molecule has 1 aromatic carbocycles. The van der Waals surface area contributed by atoms with Crippen molar-refractivity contribution in [1.29, 1.82) is 0 Å². The Labute approximate surface area is 180 Å². The molecule has 1 unspecified atom stereocenters. The monoisotopic (exact) mass is 516 g/mol. The molecule has 10 heteroatoms. The van der Waals surface area contributed by atoms with Crippen LogP contribution in [0.2, 0.25) is 0 Å². The highest BCUT2D eigenvalue weighted by molar-refractivity contribution is 14.1. The largest absolute Gasteiger partial charge is 0.493 e. The van der Waals surface area contributed by atoms with Gasteiger partial charge in [0.25, 0.3) is 5.91 Å². The van der Waals surface area contributed by atoms with E-state index >= 15 is 0 Å². The predicted octanol–water partition coefficient (Wildman–Crippen LogP) is 2.52. The minimum absolute atomic E-state index is 0.233. The number of anilines is 1. The molecular weight excluding hydrogens is 495 g/mol. The number of thiophene rings is 1. The van der Waals surface area contributed by atoms with E-state index in [-0.39, 0.29) is 8.48 Å². The first-order chi connectivity index (χ1) is 13.4. The Morgan fingerprint density at radius 2 is 2.14 bits per heavy atom. The summed E-state index contributed by atoms with van der Waals surface area (Å²) in [6.07, 6.45) is 0.723. The first-order valence-electron chi connectivity index (χ1n) is 8.64. The number of urea groups is 1. The molecule has 0 spiro atoms. The summed E-state index contributed by atoms with van der Waals surface area (Å²) in [5, 5.41) is 5.76. The van der Waals surface area contributed by atoms with Crippen LogP contribution in [0.25, 0.3) is 10.4 Å². The fraction of sp³-hybridized carbons (Fsp3) is 0.333. The molecule has 1 aromatic heterocycles. The van der Waals surface area contributed by atoms with E-state index in [1.165, 1.54) is 11.3 Å². The van der Waals surface area contributed by atoms with Crippen LogP contribution in [0.5, 0.6) is 5.75 Å². The van der Waals surface area contributed by atoms with Gasteiger partial charge in [0, 0.05) is 30.0 Å². The number of carbonyl (C=O) groups is 2. The van der Waals surface area contributed by atoms with Crippen molar-refractivity contribution in [3.63, 3.8) is 0 Å². The van der Waals surface area contributed by atoms with Crippen molar-refractivity contribution in [3.05, 3.63) is 35.2 Å². The number of benzene rings is 1. The van der Waals surface area contributed by atoms with E-state index in [0.717, 1.165) is 30.0 Å². The summed E-state index contributed by atoms with van der Waals surface area (Å²) in [6.45, 7) is 2.78. The topological polar surface area (TPSA) is 129 Å². The number of rotatable bonds is 7. The first-order valence-corrected chi connectivity index (χ1v) is 10.5. The Morgan fingerprint density at radius 3 is 2.82 bits per heavy atom. The standard InChI is InChI=1S/C18H21IN4O4S/c19-18(10-22-6-8-27-18)5-7-26-13-4-2-1-3-11(13)14-9-12(23-17(21)25)15(28-14)16(20)24/h1-4,9,22H,5-8,10H2,(H2,20,24)(H3,21,23,25). The summed E-state index contributed by atoms with van der Waals surface area (Å²) in [5.41, 5.74) is 11.7. The van der Waals surface area contributed by atoms with Gasteiger partial charge in [0.2, 0.25) is 0 Å². The van der Waals surface area contributed by atoms with Crippen molar-refractivity contribution < 1.29 is 19.1 Å². The van der Waals surface area contributed by atoms with Gasteiger partial charge in [-0.15, -0.1) is 11.3 Å². The van der Waals surface area contributed by atoms with E-state index in [4.69, 9.17) is 20.9 Å². The molecule has 0 radical (unpaired) electrons. The van der Waals surface area contributed by atoms with Crippen molar-refractivity contribution in [3.8, 4) is 16.2 Å². The molecule has 2 heterocycles. The van der Waals surface area contributed by atoms with Crippen LogP contribution < -0.4 is 26.8 Å². The maximum Gasteiger partial charge on any atom is 0.316 e. The number of hydrogen-bond donors (Lipinski definition) is 4. The van der Waals surface area contributed by atoms with E-state index in [0.29, 0.717) is 24.7 Å². The van der Waals surface area contributed by atoms with Crippen LogP contribution in [0.1, 0.15) is 16.1 Å². The smallest absolute Gasteiger partial charge is 0.316 e. The summed E-state index contributed by atoms with van der Waals surface area (Å²) in [5.74, 6) is 0.0429. The molecule has 3 rings (SSSR count). The summed E-state index contributed by atoms with van der Waals surface area (Å²) in [7, 11) is 0. The maximum atomic E-state index is 11.7. The average Bonchev–Trinajstić information content (AvgIpc) is 3.06. The van der Waals surface area contributed by atoms with E-state index in [9.17, 15) is 9.59 Å². The highest BCUT2D eigenvalue weighted by Gasteiger charge is 2.29. The maximum absolute atomic E-state index is 11.7. The number of carbonyl (C=O) groups excluding carboxylic acids is 2. The van der Waals surface area contributed by atoms with Gasteiger partial charge in [0.15, 0.2) is 0 Å². The normalized spacial score (nSPS) is 19.2. The lowest BCUT2D eigenvalue weighted by Gasteiger charge is -2.32. The third-order valence-electron chi connectivity index (χ3n) is 4.13. The number of nitrogens with one attached hydrogen (secondary N) is 2. The predicted molar refractivity (Wildman–Crippen MR) is 117 cm³/mol. The van der Waals surface area contributed by atoms with Crippen LogP contribution in [0.15, 0.2) is 30.3 Å². The highest BCUT2D eigenvalue weighted by atomic mass is 127. The minimum Gasteiger partial charge on any atom is -0.493 e. The highest BCUT2D eigenvalue weighted by Crippen LogP contribution is 2.39. The number of nitrogens with two attached hydrogens (primary N) is 2. The molecule has 8 nitrogen and oxygen atoms in total. The molecule has 2 aromatic rings. The van der Waals surface area contributed by atoms with Crippen LogP contribution in [0.3, 0.4) is 0 Å². The van der Waals surface area contributed by atoms with Gasteiger partial charge in [-0.3, -0.25) is 4.79 Å². The second kappa shape index (κ2) is 9.07. The number of amides is 3. The van der Waals surface area contributed by atoms with Gasteiger partial charge < -0.3 is 31.6 Å². The van der Waals surface area contributed by atoms with Crippen LogP contribution in [0, 0.1) is 0 Å². The zero-order chi connectivity index (χ0) is 20.1.